The molecule has 3 nitrogen and oxygen atoms in total. The topological polar surface area (TPSA) is 38.0 Å². The average molecular weight is 292 g/mol. The molecule has 1 atom stereocenters. The van der Waals surface area contributed by atoms with Crippen molar-refractivity contribution in [1.29, 1.82) is 0 Å². The molecule has 0 aliphatic carbocycles. The fourth-order valence-corrected chi connectivity index (χ4v) is 3.16. The number of fused-ring (bicyclic) bond motifs is 1. The Hall–Kier alpha value is -1.00. The number of para-hydroxylation sites is 2. The number of rotatable bonds is 8. The molecular formula is C16H24N2OS. The van der Waals surface area contributed by atoms with Crippen LogP contribution < -0.4 is 0 Å². The quantitative estimate of drug-likeness (QED) is 0.757. The van der Waals surface area contributed by atoms with Crippen LogP contribution in [0.1, 0.15) is 32.5 Å². The van der Waals surface area contributed by atoms with Gasteiger partial charge in [0.25, 0.3) is 0 Å². The Balaban J connectivity index is 2.13. The fraction of sp³-hybridized carbons (Fsp3) is 0.562. The van der Waals surface area contributed by atoms with E-state index in [0.29, 0.717) is 6.42 Å². The first-order chi connectivity index (χ1) is 9.76. The van der Waals surface area contributed by atoms with Crippen molar-refractivity contribution in [3.63, 3.8) is 0 Å². The van der Waals surface area contributed by atoms with E-state index in [1.54, 1.807) is 0 Å². The zero-order valence-corrected chi connectivity index (χ0v) is 13.2. The number of hydrogen-bond donors (Lipinski definition) is 1. The van der Waals surface area contributed by atoms with E-state index in [4.69, 9.17) is 4.98 Å². The Kier molecular flexibility index (Phi) is 5.92. The Bertz CT molecular complexity index is 538. The number of nitrogens with zero attached hydrogens (tertiary/aromatic N) is 2. The van der Waals surface area contributed by atoms with E-state index >= 15 is 0 Å². The zero-order chi connectivity index (χ0) is 14.4. The highest BCUT2D eigenvalue weighted by Gasteiger charge is 2.13. The van der Waals surface area contributed by atoms with Crippen molar-refractivity contribution >= 4 is 22.8 Å². The molecule has 0 aliphatic rings. The Labute approximate surface area is 125 Å². The highest BCUT2D eigenvalue weighted by Crippen LogP contribution is 2.18. The molecule has 4 heteroatoms. The van der Waals surface area contributed by atoms with Crippen LogP contribution in [0.25, 0.3) is 11.0 Å². The Morgan fingerprint density at radius 2 is 2.10 bits per heavy atom. The lowest BCUT2D eigenvalue weighted by molar-refractivity contribution is 0.168. The summed E-state index contributed by atoms with van der Waals surface area (Å²) in [4.78, 5) is 4.70. The summed E-state index contributed by atoms with van der Waals surface area (Å²) < 4.78 is 2.26. The molecule has 1 heterocycles. The van der Waals surface area contributed by atoms with Crippen molar-refractivity contribution < 1.29 is 5.11 Å². The second kappa shape index (κ2) is 7.70. The van der Waals surface area contributed by atoms with Crippen LogP contribution in [0, 0.1) is 0 Å². The maximum atomic E-state index is 10.2. The number of benzene rings is 1. The molecule has 1 aromatic heterocycles. The molecule has 110 valence electrons. The zero-order valence-electron chi connectivity index (χ0n) is 12.4. The lowest BCUT2D eigenvalue weighted by Crippen LogP contribution is -2.16. The average Bonchev–Trinajstić information content (AvgIpc) is 2.78. The maximum Gasteiger partial charge on any atom is 0.112 e. The van der Waals surface area contributed by atoms with Crippen LogP contribution >= 0.6 is 11.8 Å². The molecule has 1 aromatic carbocycles. The highest BCUT2D eigenvalue weighted by molar-refractivity contribution is 7.99. The second-order valence-electron chi connectivity index (χ2n) is 5.01. The number of hydrogen-bond acceptors (Lipinski definition) is 3. The summed E-state index contributed by atoms with van der Waals surface area (Å²) in [5.41, 5.74) is 2.21. The van der Waals surface area contributed by atoms with Crippen molar-refractivity contribution in [1.82, 2.24) is 9.55 Å². The van der Waals surface area contributed by atoms with E-state index in [2.05, 4.69) is 24.5 Å². The van der Waals surface area contributed by atoms with Gasteiger partial charge >= 0.3 is 0 Å². The standard InChI is InChI=1S/C16H24N2OS/c1-3-10-18-15-8-6-5-7-14(15)17-16(18)12-13(19)9-11-20-4-2/h5-8,13,19H,3-4,9-12H2,1-2H3. The Morgan fingerprint density at radius 3 is 2.85 bits per heavy atom. The maximum absolute atomic E-state index is 10.2. The summed E-state index contributed by atoms with van der Waals surface area (Å²) in [6.07, 6.45) is 2.28. The van der Waals surface area contributed by atoms with Crippen LogP contribution in [-0.2, 0) is 13.0 Å². The minimum Gasteiger partial charge on any atom is -0.393 e. The molecule has 0 spiro atoms. The molecular weight excluding hydrogens is 268 g/mol. The molecule has 1 unspecified atom stereocenters. The number of thioether (sulfide) groups is 1. The van der Waals surface area contributed by atoms with E-state index in [-0.39, 0.29) is 6.10 Å². The van der Waals surface area contributed by atoms with Gasteiger partial charge in [0.15, 0.2) is 0 Å². The summed E-state index contributed by atoms with van der Waals surface area (Å²) in [6, 6.07) is 8.23. The molecule has 0 saturated heterocycles. The third kappa shape index (κ3) is 3.76. The number of aryl methyl sites for hydroxylation is 1. The van der Waals surface area contributed by atoms with Gasteiger partial charge in [0, 0.05) is 13.0 Å². The lowest BCUT2D eigenvalue weighted by atomic mass is 10.2. The number of aliphatic hydroxyl groups excluding tert-OH is 1. The molecule has 1 N–H and O–H groups in total. The minimum atomic E-state index is -0.290. The SMILES string of the molecule is CCCn1c(CC(O)CCSCC)nc2ccccc21. The van der Waals surface area contributed by atoms with E-state index < -0.39 is 0 Å². The molecule has 0 radical (unpaired) electrons. The van der Waals surface area contributed by atoms with Gasteiger partial charge in [0.1, 0.15) is 5.82 Å². The molecule has 0 saturated carbocycles. The smallest absolute Gasteiger partial charge is 0.112 e. The minimum absolute atomic E-state index is 0.290. The van der Waals surface area contributed by atoms with E-state index in [9.17, 15) is 5.11 Å². The van der Waals surface area contributed by atoms with Crippen molar-refractivity contribution in [2.45, 2.75) is 45.8 Å². The van der Waals surface area contributed by atoms with Gasteiger partial charge in [-0.3, -0.25) is 0 Å². The van der Waals surface area contributed by atoms with Crippen LogP contribution in [0.5, 0.6) is 0 Å². The van der Waals surface area contributed by atoms with Gasteiger partial charge in [-0.1, -0.05) is 26.0 Å². The Morgan fingerprint density at radius 1 is 1.30 bits per heavy atom. The molecule has 2 aromatic rings. The van der Waals surface area contributed by atoms with Crippen LogP contribution in [-0.4, -0.2) is 32.3 Å². The molecule has 0 bridgehead atoms. The summed E-state index contributed by atoms with van der Waals surface area (Å²) >= 11 is 1.88. The van der Waals surface area contributed by atoms with E-state index in [1.807, 2.05) is 30.0 Å². The van der Waals surface area contributed by atoms with Crippen molar-refractivity contribution in [2.75, 3.05) is 11.5 Å². The highest BCUT2D eigenvalue weighted by atomic mass is 32.2. The summed E-state index contributed by atoms with van der Waals surface area (Å²) in [5.74, 6) is 3.15. The predicted molar refractivity (Wildman–Crippen MR) is 87.4 cm³/mol. The van der Waals surface area contributed by atoms with Gasteiger partial charge in [-0.15, -0.1) is 0 Å². The number of aliphatic hydroxyl groups is 1. The molecule has 0 fully saturated rings. The summed E-state index contributed by atoms with van der Waals surface area (Å²) in [6.45, 7) is 5.29. The first-order valence-corrected chi connectivity index (χ1v) is 8.61. The number of imidazole rings is 1. The monoisotopic (exact) mass is 292 g/mol. The van der Waals surface area contributed by atoms with Gasteiger partial charge < -0.3 is 9.67 Å². The van der Waals surface area contributed by atoms with Crippen LogP contribution in [0.15, 0.2) is 24.3 Å². The normalized spacial score (nSPS) is 12.9. The van der Waals surface area contributed by atoms with E-state index in [0.717, 1.165) is 42.2 Å². The summed E-state index contributed by atoms with van der Waals surface area (Å²) in [7, 11) is 0. The van der Waals surface area contributed by atoms with Crippen molar-refractivity contribution in [3.8, 4) is 0 Å². The largest absolute Gasteiger partial charge is 0.393 e. The van der Waals surface area contributed by atoms with Crippen molar-refractivity contribution in [3.05, 3.63) is 30.1 Å². The first kappa shape index (κ1) is 15.4. The first-order valence-electron chi connectivity index (χ1n) is 7.46. The van der Waals surface area contributed by atoms with Gasteiger partial charge in [-0.05, 0) is 36.5 Å². The number of aromatic nitrogens is 2. The second-order valence-corrected chi connectivity index (χ2v) is 6.41. The van der Waals surface area contributed by atoms with Gasteiger partial charge in [0.05, 0.1) is 17.1 Å². The van der Waals surface area contributed by atoms with Crippen LogP contribution in [0.4, 0.5) is 0 Å². The lowest BCUT2D eigenvalue weighted by Gasteiger charge is -2.12. The van der Waals surface area contributed by atoms with Gasteiger partial charge in [-0.25, -0.2) is 4.98 Å². The van der Waals surface area contributed by atoms with Gasteiger partial charge in [0.2, 0.25) is 0 Å². The van der Waals surface area contributed by atoms with E-state index in [1.165, 1.54) is 5.52 Å². The third-order valence-corrected chi connectivity index (χ3v) is 4.33. The fourth-order valence-electron chi connectivity index (χ4n) is 2.43. The molecule has 0 amide bonds. The molecule has 20 heavy (non-hydrogen) atoms. The molecule has 2 rings (SSSR count). The van der Waals surface area contributed by atoms with Crippen LogP contribution in [0.2, 0.25) is 0 Å². The van der Waals surface area contributed by atoms with Gasteiger partial charge in [-0.2, -0.15) is 11.8 Å². The van der Waals surface area contributed by atoms with Crippen molar-refractivity contribution in [2.24, 2.45) is 0 Å². The predicted octanol–water partition coefficient (Wildman–Crippen LogP) is 3.49. The third-order valence-electron chi connectivity index (χ3n) is 3.40. The molecule has 0 aliphatic heterocycles. The van der Waals surface area contributed by atoms with Crippen LogP contribution in [0.3, 0.4) is 0 Å². The summed E-state index contributed by atoms with van der Waals surface area (Å²) in [5, 5.41) is 10.2.